The van der Waals surface area contributed by atoms with Crippen LogP contribution in [0.1, 0.15) is 30.8 Å². The molecule has 0 unspecified atom stereocenters. The predicted molar refractivity (Wildman–Crippen MR) is 90.3 cm³/mol. The Morgan fingerprint density at radius 1 is 1.44 bits per heavy atom. The molecule has 2 fully saturated rings. The maximum Gasteiger partial charge on any atom is 0.287 e. The number of furan rings is 1. The Morgan fingerprint density at radius 3 is 2.84 bits per heavy atom. The fourth-order valence-electron chi connectivity index (χ4n) is 3.36. The first-order valence-electron chi connectivity index (χ1n) is 8.40. The molecule has 2 saturated heterocycles. The van der Waals surface area contributed by atoms with Gasteiger partial charge in [-0.05, 0) is 24.5 Å². The number of nitrogens with one attached hydrogen (secondary N) is 1. The molecule has 2 aliphatic heterocycles. The maximum atomic E-state index is 12.8. The molecule has 0 bridgehead atoms. The molecule has 2 atom stereocenters. The highest BCUT2D eigenvalue weighted by Gasteiger charge is 2.45. The van der Waals surface area contributed by atoms with Gasteiger partial charge in [0.2, 0.25) is 10.0 Å². The van der Waals surface area contributed by atoms with Crippen LogP contribution in [-0.2, 0) is 14.8 Å². The minimum atomic E-state index is -3.58. The van der Waals surface area contributed by atoms with Gasteiger partial charge in [-0.3, -0.25) is 14.5 Å². The summed E-state index contributed by atoms with van der Waals surface area (Å²) in [7, 11) is -3.58. The van der Waals surface area contributed by atoms with E-state index in [2.05, 4.69) is 5.32 Å². The average molecular weight is 369 g/mol. The standard InChI is InChI=1S/C16H23N3O5S/c1-11(2)9-19-16(21)13-8-12(10-18(13)5-7-25(19,22)23)17-15(20)14-4-3-6-24-14/h3-4,6,11-13H,5,7-10H2,1-2H3,(H,17,20)/t12-,13-/m0/s1. The van der Waals surface area contributed by atoms with E-state index in [1.54, 1.807) is 12.1 Å². The zero-order valence-electron chi connectivity index (χ0n) is 14.3. The van der Waals surface area contributed by atoms with E-state index in [0.717, 1.165) is 4.31 Å². The molecule has 0 saturated carbocycles. The van der Waals surface area contributed by atoms with E-state index in [4.69, 9.17) is 4.42 Å². The zero-order valence-corrected chi connectivity index (χ0v) is 15.2. The fourth-order valence-corrected chi connectivity index (χ4v) is 4.96. The van der Waals surface area contributed by atoms with Crippen molar-refractivity contribution in [3.05, 3.63) is 24.2 Å². The minimum absolute atomic E-state index is 0.0566. The van der Waals surface area contributed by atoms with Crippen molar-refractivity contribution >= 4 is 21.8 Å². The van der Waals surface area contributed by atoms with Gasteiger partial charge < -0.3 is 9.73 Å². The van der Waals surface area contributed by atoms with Crippen LogP contribution < -0.4 is 5.32 Å². The number of amides is 2. The molecule has 138 valence electrons. The first-order valence-corrected chi connectivity index (χ1v) is 10.0. The summed E-state index contributed by atoms with van der Waals surface area (Å²) in [5.74, 6) is -0.521. The first kappa shape index (κ1) is 17.9. The van der Waals surface area contributed by atoms with Gasteiger partial charge in [-0.25, -0.2) is 12.7 Å². The van der Waals surface area contributed by atoms with Crippen LogP contribution in [0.15, 0.2) is 22.8 Å². The second-order valence-corrected chi connectivity index (χ2v) is 8.99. The van der Waals surface area contributed by atoms with E-state index in [9.17, 15) is 18.0 Å². The number of rotatable bonds is 4. The summed E-state index contributed by atoms with van der Waals surface area (Å²) in [4.78, 5) is 26.8. The highest BCUT2D eigenvalue weighted by molar-refractivity contribution is 7.89. The summed E-state index contributed by atoms with van der Waals surface area (Å²) in [6.45, 7) is 4.70. The Labute approximate surface area is 147 Å². The molecule has 3 heterocycles. The molecule has 9 heteroatoms. The Balaban J connectivity index is 1.72. The summed E-state index contributed by atoms with van der Waals surface area (Å²) >= 11 is 0. The zero-order chi connectivity index (χ0) is 18.2. The summed E-state index contributed by atoms with van der Waals surface area (Å²) in [6, 6.07) is 2.48. The van der Waals surface area contributed by atoms with Crippen molar-refractivity contribution in [2.24, 2.45) is 5.92 Å². The van der Waals surface area contributed by atoms with Crippen molar-refractivity contribution in [2.45, 2.75) is 32.4 Å². The molecule has 0 aromatic carbocycles. The van der Waals surface area contributed by atoms with E-state index in [1.807, 2.05) is 18.7 Å². The monoisotopic (exact) mass is 369 g/mol. The summed E-state index contributed by atoms with van der Waals surface area (Å²) < 4.78 is 30.9. The number of hydrogen-bond acceptors (Lipinski definition) is 6. The van der Waals surface area contributed by atoms with Gasteiger partial charge in [-0.1, -0.05) is 13.8 Å². The van der Waals surface area contributed by atoms with Crippen molar-refractivity contribution in [1.82, 2.24) is 14.5 Å². The lowest BCUT2D eigenvalue weighted by molar-refractivity contribution is -0.130. The van der Waals surface area contributed by atoms with Gasteiger partial charge in [0.25, 0.3) is 11.8 Å². The second kappa shape index (κ2) is 6.80. The van der Waals surface area contributed by atoms with E-state index in [-0.39, 0.29) is 41.8 Å². The highest BCUT2D eigenvalue weighted by atomic mass is 32.2. The fraction of sp³-hybridized carbons (Fsp3) is 0.625. The van der Waals surface area contributed by atoms with Crippen LogP contribution >= 0.6 is 0 Å². The summed E-state index contributed by atoms with van der Waals surface area (Å²) in [6.07, 6.45) is 1.82. The second-order valence-electron chi connectivity index (χ2n) is 6.97. The molecule has 1 N–H and O–H groups in total. The van der Waals surface area contributed by atoms with Gasteiger partial charge in [0, 0.05) is 25.7 Å². The molecule has 1 aromatic heterocycles. The molecule has 0 aliphatic carbocycles. The molecular weight excluding hydrogens is 346 g/mol. The number of carbonyl (C=O) groups is 2. The van der Waals surface area contributed by atoms with Gasteiger partial charge in [-0.15, -0.1) is 0 Å². The molecule has 2 amide bonds. The molecule has 8 nitrogen and oxygen atoms in total. The van der Waals surface area contributed by atoms with Gasteiger partial charge in [-0.2, -0.15) is 0 Å². The van der Waals surface area contributed by atoms with Crippen LogP contribution in [0.25, 0.3) is 0 Å². The largest absolute Gasteiger partial charge is 0.459 e. The number of fused-ring (bicyclic) bond motifs is 1. The van der Waals surface area contributed by atoms with E-state index in [0.29, 0.717) is 19.5 Å². The van der Waals surface area contributed by atoms with Crippen LogP contribution in [0.4, 0.5) is 0 Å². The molecular formula is C16H23N3O5S. The number of carbonyl (C=O) groups excluding carboxylic acids is 2. The summed E-state index contributed by atoms with van der Waals surface area (Å²) in [5.41, 5.74) is 0. The lowest BCUT2D eigenvalue weighted by Crippen LogP contribution is -2.45. The number of sulfonamides is 1. The van der Waals surface area contributed by atoms with E-state index < -0.39 is 16.1 Å². The van der Waals surface area contributed by atoms with Gasteiger partial charge in [0.1, 0.15) is 0 Å². The van der Waals surface area contributed by atoms with Gasteiger partial charge in [0.15, 0.2) is 5.76 Å². The molecule has 2 aliphatic rings. The van der Waals surface area contributed by atoms with Gasteiger partial charge in [0.05, 0.1) is 18.1 Å². The Kier molecular flexibility index (Phi) is 4.88. The SMILES string of the molecule is CC(C)CN1C(=O)[C@@H]2C[C@H](NC(=O)c3ccco3)CN2CCS1(=O)=O. The molecule has 3 rings (SSSR count). The molecule has 0 radical (unpaired) electrons. The quantitative estimate of drug-likeness (QED) is 0.818. The van der Waals surface area contributed by atoms with Crippen molar-refractivity contribution in [1.29, 1.82) is 0 Å². The summed E-state index contributed by atoms with van der Waals surface area (Å²) in [5, 5.41) is 2.86. The molecule has 1 aromatic rings. The third kappa shape index (κ3) is 3.72. The topological polar surface area (TPSA) is 99.9 Å². The third-order valence-electron chi connectivity index (χ3n) is 4.52. The van der Waals surface area contributed by atoms with Crippen LogP contribution in [-0.4, -0.2) is 66.9 Å². The first-order chi connectivity index (χ1) is 11.8. The van der Waals surface area contributed by atoms with Gasteiger partial charge >= 0.3 is 0 Å². The van der Waals surface area contributed by atoms with Crippen molar-refractivity contribution in [3.8, 4) is 0 Å². The third-order valence-corrected chi connectivity index (χ3v) is 6.22. The Bertz CT molecular complexity index is 744. The number of nitrogens with zero attached hydrogens (tertiary/aromatic N) is 2. The van der Waals surface area contributed by atoms with Crippen LogP contribution in [0.3, 0.4) is 0 Å². The Morgan fingerprint density at radius 2 is 2.20 bits per heavy atom. The van der Waals surface area contributed by atoms with E-state index in [1.165, 1.54) is 6.26 Å². The van der Waals surface area contributed by atoms with Crippen LogP contribution in [0.5, 0.6) is 0 Å². The lowest BCUT2D eigenvalue weighted by Gasteiger charge is -2.25. The average Bonchev–Trinajstić information content (AvgIpc) is 3.17. The highest BCUT2D eigenvalue weighted by Crippen LogP contribution is 2.25. The van der Waals surface area contributed by atoms with Crippen molar-refractivity contribution in [2.75, 3.05) is 25.4 Å². The smallest absolute Gasteiger partial charge is 0.287 e. The van der Waals surface area contributed by atoms with Crippen molar-refractivity contribution < 1.29 is 22.4 Å². The molecule has 0 spiro atoms. The normalized spacial score (nSPS) is 26.5. The number of hydrogen-bond donors (Lipinski definition) is 1. The lowest BCUT2D eigenvalue weighted by atomic mass is 10.1. The molecule has 25 heavy (non-hydrogen) atoms. The van der Waals surface area contributed by atoms with Crippen LogP contribution in [0.2, 0.25) is 0 Å². The van der Waals surface area contributed by atoms with Crippen LogP contribution in [0, 0.1) is 5.92 Å². The van der Waals surface area contributed by atoms with E-state index >= 15 is 0 Å². The maximum absolute atomic E-state index is 12.8. The van der Waals surface area contributed by atoms with Crippen molar-refractivity contribution in [3.63, 3.8) is 0 Å². The Hall–Kier alpha value is -1.87. The predicted octanol–water partition coefficient (Wildman–Crippen LogP) is 0.280. The minimum Gasteiger partial charge on any atom is -0.459 e.